The molecule has 6 rings (SSSR count). The Kier molecular flexibility index (Phi) is 9.98. The second kappa shape index (κ2) is 14.7. The molecule has 48 heavy (non-hydrogen) atoms. The summed E-state index contributed by atoms with van der Waals surface area (Å²) in [7, 11) is -2.86. The van der Waals surface area contributed by atoms with Crippen LogP contribution < -0.4 is 38.6 Å². The van der Waals surface area contributed by atoms with Crippen molar-refractivity contribution in [3.63, 3.8) is 0 Å². The Balaban J connectivity index is 1.34. The Hall–Kier alpha value is -5.26. The first-order chi connectivity index (χ1) is 23.3. The molecule has 18 heteroatoms. The van der Waals surface area contributed by atoms with Gasteiger partial charge < -0.3 is 38.1 Å². The van der Waals surface area contributed by atoms with E-state index in [1.807, 2.05) is 0 Å². The summed E-state index contributed by atoms with van der Waals surface area (Å²) in [6.45, 7) is 1.19. The molecule has 0 bridgehead atoms. The number of nitrogens with zero attached hydrogens (tertiary/aromatic N) is 4. The molecule has 0 spiro atoms. The number of anilines is 3. The number of fused-ring (bicyclic) bond motifs is 1. The normalized spacial score (nSPS) is 13.8. The van der Waals surface area contributed by atoms with Crippen molar-refractivity contribution >= 4 is 45.3 Å². The molecule has 252 valence electrons. The number of ether oxygens (including phenoxy) is 7. The number of amides is 1. The average Bonchev–Trinajstić information content (AvgIpc) is 3.58. The maximum atomic E-state index is 13.7. The SMILES string of the molecule is COc1cccc(Oc2c(NS(=O)(=O)c3ccc4c(c3)OCO4)nc(N3CCOCC3)nc2OCCOC(=O)Nc2ccccn2)c1Cl. The maximum Gasteiger partial charge on any atom is 0.412 e. The van der Waals surface area contributed by atoms with E-state index < -0.39 is 16.1 Å². The highest BCUT2D eigenvalue weighted by Gasteiger charge is 2.28. The number of morpholine rings is 1. The van der Waals surface area contributed by atoms with Gasteiger partial charge in [-0.3, -0.25) is 10.0 Å². The first-order valence-corrected chi connectivity index (χ1v) is 16.3. The fourth-order valence-electron chi connectivity index (χ4n) is 4.50. The van der Waals surface area contributed by atoms with E-state index in [1.165, 1.54) is 31.5 Å². The molecule has 1 fully saturated rings. The zero-order valence-electron chi connectivity index (χ0n) is 25.4. The van der Waals surface area contributed by atoms with Gasteiger partial charge >= 0.3 is 6.09 Å². The number of halogens is 1. The third kappa shape index (κ3) is 7.64. The predicted octanol–water partition coefficient (Wildman–Crippen LogP) is 4.32. The van der Waals surface area contributed by atoms with Gasteiger partial charge in [0.2, 0.25) is 18.5 Å². The van der Waals surface area contributed by atoms with Gasteiger partial charge in [0, 0.05) is 25.4 Å². The van der Waals surface area contributed by atoms with Crippen LogP contribution in [0.25, 0.3) is 0 Å². The number of rotatable bonds is 12. The summed E-state index contributed by atoms with van der Waals surface area (Å²) in [6.07, 6.45) is 0.764. The molecule has 0 unspecified atom stereocenters. The lowest BCUT2D eigenvalue weighted by molar-refractivity contribution is 0.121. The van der Waals surface area contributed by atoms with E-state index in [0.29, 0.717) is 43.6 Å². The van der Waals surface area contributed by atoms with Crippen molar-refractivity contribution in [1.82, 2.24) is 15.0 Å². The molecule has 0 atom stereocenters. The molecule has 4 heterocycles. The highest BCUT2D eigenvalue weighted by molar-refractivity contribution is 7.92. The minimum atomic E-state index is -4.30. The minimum absolute atomic E-state index is 0.0322. The summed E-state index contributed by atoms with van der Waals surface area (Å²) in [5.74, 6) is 0.877. The largest absolute Gasteiger partial charge is 0.495 e. The molecular weight excluding hydrogens is 672 g/mol. The summed E-state index contributed by atoms with van der Waals surface area (Å²) < 4.78 is 68.8. The zero-order valence-corrected chi connectivity index (χ0v) is 27.0. The Morgan fingerprint density at radius 2 is 1.81 bits per heavy atom. The van der Waals surface area contributed by atoms with Crippen LogP contribution in [0.4, 0.5) is 22.4 Å². The van der Waals surface area contributed by atoms with Crippen molar-refractivity contribution in [3.05, 3.63) is 65.8 Å². The third-order valence-corrected chi connectivity index (χ3v) is 8.52. The van der Waals surface area contributed by atoms with Crippen LogP contribution in [0.1, 0.15) is 0 Å². The van der Waals surface area contributed by atoms with Crippen LogP contribution in [0.2, 0.25) is 5.02 Å². The van der Waals surface area contributed by atoms with Crippen LogP contribution in [0.3, 0.4) is 0 Å². The number of hydrogen-bond acceptors (Lipinski definition) is 14. The summed E-state index contributed by atoms with van der Waals surface area (Å²) in [5.41, 5.74) is 0. The van der Waals surface area contributed by atoms with Crippen LogP contribution in [0, 0.1) is 0 Å². The smallest absolute Gasteiger partial charge is 0.412 e. The lowest BCUT2D eigenvalue weighted by Gasteiger charge is -2.28. The standard InChI is InChI=1S/C30H29ClN6O10S/c1-41-21-5-4-6-22(25(21)31)47-26-27(36-48(39,40)19-8-9-20-23(17-19)46-18-45-20)34-29(37-11-13-42-14-12-37)35-28(26)43-15-16-44-30(38)33-24-7-2-3-10-32-24/h2-10,17H,11-16,18H2,1H3,(H,32,33,38)(H,34,35,36). The predicted molar refractivity (Wildman–Crippen MR) is 171 cm³/mol. The second-order valence-corrected chi connectivity index (χ2v) is 12.0. The lowest BCUT2D eigenvalue weighted by Crippen LogP contribution is -2.37. The van der Waals surface area contributed by atoms with E-state index >= 15 is 0 Å². The van der Waals surface area contributed by atoms with Crippen molar-refractivity contribution in [2.45, 2.75) is 4.90 Å². The quantitative estimate of drug-likeness (QED) is 0.199. The molecule has 2 aromatic heterocycles. The Morgan fingerprint density at radius 1 is 1.00 bits per heavy atom. The van der Waals surface area contributed by atoms with Gasteiger partial charge in [-0.2, -0.15) is 9.97 Å². The maximum absolute atomic E-state index is 13.7. The number of benzene rings is 2. The fraction of sp³-hybridized carbons (Fsp3) is 0.267. The molecule has 2 aliphatic rings. The third-order valence-electron chi connectivity index (χ3n) is 6.81. The van der Waals surface area contributed by atoms with E-state index in [1.54, 1.807) is 41.3 Å². The van der Waals surface area contributed by atoms with Gasteiger partial charge in [-0.1, -0.05) is 23.7 Å². The van der Waals surface area contributed by atoms with E-state index in [4.69, 9.17) is 44.8 Å². The molecule has 4 aromatic rings. The van der Waals surface area contributed by atoms with Crippen LogP contribution in [-0.2, 0) is 19.5 Å². The van der Waals surface area contributed by atoms with Crippen molar-refractivity contribution < 1.29 is 46.4 Å². The summed E-state index contributed by atoms with van der Waals surface area (Å²) >= 11 is 6.54. The topological polar surface area (TPSA) is 182 Å². The molecular formula is C30H29ClN6O10S. The van der Waals surface area contributed by atoms with Gasteiger partial charge in [-0.05, 0) is 36.4 Å². The van der Waals surface area contributed by atoms with Crippen LogP contribution >= 0.6 is 11.6 Å². The number of hydrogen-bond donors (Lipinski definition) is 2. The molecule has 0 saturated carbocycles. The summed E-state index contributed by atoms with van der Waals surface area (Å²) in [5, 5.41) is 2.60. The first-order valence-electron chi connectivity index (χ1n) is 14.5. The molecule has 1 saturated heterocycles. The van der Waals surface area contributed by atoms with E-state index in [2.05, 4.69) is 25.0 Å². The molecule has 16 nitrogen and oxygen atoms in total. The number of aromatic nitrogens is 3. The van der Waals surface area contributed by atoms with Gasteiger partial charge in [0.1, 0.15) is 35.6 Å². The molecule has 1 amide bonds. The van der Waals surface area contributed by atoms with Crippen LogP contribution in [0.15, 0.2) is 65.7 Å². The average molecular weight is 701 g/mol. The number of carbonyl (C=O) groups excluding carboxylic acids is 1. The van der Waals surface area contributed by atoms with Gasteiger partial charge in [-0.25, -0.2) is 18.2 Å². The second-order valence-electron chi connectivity index (χ2n) is 9.93. The monoisotopic (exact) mass is 700 g/mol. The van der Waals surface area contributed by atoms with E-state index in [9.17, 15) is 13.2 Å². The van der Waals surface area contributed by atoms with Gasteiger partial charge in [-0.15, -0.1) is 0 Å². The number of methoxy groups -OCH3 is 1. The highest BCUT2D eigenvalue weighted by Crippen LogP contribution is 2.43. The van der Waals surface area contributed by atoms with Crippen molar-refractivity contribution in [2.75, 3.05) is 68.4 Å². The molecule has 0 radical (unpaired) electrons. The zero-order chi connectivity index (χ0) is 33.5. The van der Waals surface area contributed by atoms with Gasteiger partial charge in [0.15, 0.2) is 17.3 Å². The van der Waals surface area contributed by atoms with E-state index in [-0.39, 0.29) is 64.8 Å². The minimum Gasteiger partial charge on any atom is -0.495 e. The molecule has 0 aliphatic carbocycles. The lowest BCUT2D eigenvalue weighted by atomic mass is 10.3. The molecule has 2 aliphatic heterocycles. The Morgan fingerprint density at radius 3 is 2.60 bits per heavy atom. The van der Waals surface area contributed by atoms with Gasteiger partial charge in [0.05, 0.1) is 25.2 Å². The Bertz CT molecular complexity index is 1880. The van der Waals surface area contributed by atoms with Crippen molar-refractivity contribution in [2.24, 2.45) is 0 Å². The molecule has 2 aromatic carbocycles. The number of sulfonamides is 1. The van der Waals surface area contributed by atoms with Crippen LogP contribution in [0.5, 0.6) is 34.6 Å². The Labute approximate surface area is 279 Å². The van der Waals surface area contributed by atoms with Crippen LogP contribution in [-0.4, -0.2) is 82.9 Å². The van der Waals surface area contributed by atoms with E-state index in [0.717, 1.165) is 0 Å². The number of carbonyl (C=O) groups is 1. The fourth-order valence-corrected chi connectivity index (χ4v) is 5.76. The van der Waals surface area contributed by atoms with Crippen molar-refractivity contribution in [3.8, 4) is 34.6 Å². The number of nitrogens with one attached hydrogen (secondary N) is 2. The summed E-state index contributed by atoms with van der Waals surface area (Å²) in [4.78, 5) is 27.1. The number of pyridine rings is 1. The highest BCUT2D eigenvalue weighted by atomic mass is 35.5. The van der Waals surface area contributed by atoms with Gasteiger partial charge in [0.25, 0.3) is 15.9 Å². The summed E-state index contributed by atoms with van der Waals surface area (Å²) in [6, 6.07) is 14.0. The molecule has 2 N–H and O–H groups in total. The van der Waals surface area contributed by atoms with Crippen molar-refractivity contribution in [1.29, 1.82) is 0 Å². The first kappa shape index (κ1) is 32.7.